The van der Waals surface area contributed by atoms with E-state index in [9.17, 15) is 19.5 Å². The third-order valence-electron chi connectivity index (χ3n) is 9.32. The second kappa shape index (κ2) is 11.8. The number of fused-ring (bicyclic) bond motifs is 2. The van der Waals surface area contributed by atoms with Crippen molar-refractivity contribution in [2.45, 2.75) is 48.1 Å². The molecule has 9 heteroatoms. The molecule has 226 valence electrons. The second-order valence-electron chi connectivity index (χ2n) is 11.9. The summed E-state index contributed by atoms with van der Waals surface area (Å²) in [6, 6.07) is 16.3. The van der Waals surface area contributed by atoms with E-state index in [0.29, 0.717) is 31.8 Å². The summed E-state index contributed by atoms with van der Waals surface area (Å²) in [5.74, 6) is -0.948. The van der Waals surface area contributed by atoms with Crippen LogP contribution in [0.4, 0.5) is 11.4 Å². The number of unbranched alkanes of at least 4 members (excludes halogenated alkanes) is 3. The van der Waals surface area contributed by atoms with Crippen molar-refractivity contribution >= 4 is 40.9 Å². The van der Waals surface area contributed by atoms with Crippen LogP contribution in [0.1, 0.15) is 32.6 Å². The molecule has 8 nitrogen and oxygen atoms in total. The van der Waals surface area contributed by atoms with E-state index in [1.807, 2.05) is 73.7 Å². The van der Waals surface area contributed by atoms with Crippen LogP contribution in [0.25, 0.3) is 0 Å². The number of anilines is 2. The summed E-state index contributed by atoms with van der Waals surface area (Å²) in [6.07, 6.45) is 11.3. The molecule has 2 saturated heterocycles. The Bertz CT molecular complexity index is 1430. The topological polar surface area (TPSA) is 90.4 Å². The highest BCUT2D eigenvalue weighted by Gasteiger charge is 2.73. The van der Waals surface area contributed by atoms with Gasteiger partial charge in [0, 0.05) is 42.4 Å². The molecule has 4 heterocycles. The van der Waals surface area contributed by atoms with Crippen molar-refractivity contribution in [3.63, 3.8) is 0 Å². The van der Waals surface area contributed by atoms with Gasteiger partial charge in [-0.05, 0) is 56.2 Å². The smallest absolute Gasteiger partial charge is 0.251 e. The number of benzene rings is 2. The van der Waals surface area contributed by atoms with Gasteiger partial charge in [-0.1, -0.05) is 55.3 Å². The third-order valence-corrected chi connectivity index (χ3v) is 11.1. The highest BCUT2D eigenvalue weighted by atomic mass is 32.2. The molecule has 6 rings (SSSR count). The number of amides is 3. The first kappa shape index (κ1) is 29.5. The normalized spacial score (nSPS) is 29.8. The molecule has 3 amide bonds. The van der Waals surface area contributed by atoms with Crippen molar-refractivity contribution in [3.05, 3.63) is 78.9 Å². The number of nitrogens with zero attached hydrogens (tertiary/aromatic N) is 3. The molecule has 2 aromatic carbocycles. The van der Waals surface area contributed by atoms with E-state index in [1.54, 1.807) is 33.6 Å². The van der Waals surface area contributed by atoms with Crippen molar-refractivity contribution in [3.8, 4) is 5.75 Å². The average molecular weight is 602 g/mol. The number of carbonyl (C=O) groups excluding carboxylic acids is 3. The minimum atomic E-state index is -0.889. The Kier molecular flexibility index (Phi) is 8.13. The number of aliphatic hydroxyl groups is 1. The Morgan fingerprint density at radius 1 is 0.814 bits per heavy atom. The molecule has 2 fully saturated rings. The Morgan fingerprint density at radius 2 is 1.47 bits per heavy atom. The van der Waals surface area contributed by atoms with Gasteiger partial charge >= 0.3 is 0 Å². The highest BCUT2D eigenvalue weighted by molar-refractivity contribution is 8.02. The number of hydrogen-bond acceptors (Lipinski definition) is 6. The molecule has 0 aliphatic carbocycles. The van der Waals surface area contributed by atoms with Crippen LogP contribution in [0.2, 0.25) is 0 Å². The molecule has 1 unspecified atom stereocenters. The van der Waals surface area contributed by atoms with Crippen LogP contribution >= 0.6 is 11.8 Å². The molecule has 2 aromatic rings. The lowest BCUT2D eigenvalue weighted by Gasteiger charge is -2.37. The first-order valence-electron chi connectivity index (χ1n) is 15.1. The Labute approximate surface area is 257 Å². The lowest BCUT2D eigenvalue weighted by Crippen LogP contribution is -2.53. The Hall–Kier alpha value is -3.56. The summed E-state index contributed by atoms with van der Waals surface area (Å²) in [5.41, 5.74) is 1.54. The number of ether oxygens (including phenoxy) is 1. The van der Waals surface area contributed by atoms with E-state index in [0.717, 1.165) is 30.6 Å². The van der Waals surface area contributed by atoms with Gasteiger partial charge in [-0.3, -0.25) is 14.4 Å². The molecular formula is C34H39N3O5S. The summed E-state index contributed by atoms with van der Waals surface area (Å²) in [4.78, 5) is 49.0. The average Bonchev–Trinajstić information content (AvgIpc) is 3.28. The van der Waals surface area contributed by atoms with E-state index < -0.39 is 27.4 Å². The van der Waals surface area contributed by atoms with Crippen LogP contribution in [0.3, 0.4) is 0 Å². The van der Waals surface area contributed by atoms with Crippen molar-refractivity contribution in [1.82, 2.24) is 4.90 Å². The fraction of sp³-hybridized carbons (Fsp3) is 0.441. The molecule has 0 bridgehead atoms. The van der Waals surface area contributed by atoms with Crippen molar-refractivity contribution in [2.75, 3.05) is 43.2 Å². The zero-order valence-corrected chi connectivity index (χ0v) is 25.5. The van der Waals surface area contributed by atoms with Crippen LogP contribution in [0.15, 0.2) is 78.9 Å². The van der Waals surface area contributed by atoms with Gasteiger partial charge in [-0.15, -0.1) is 11.8 Å². The van der Waals surface area contributed by atoms with Gasteiger partial charge in [-0.25, -0.2) is 0 Å². The molecular weight excluding hydrogens is 562 g/mol. The minimum absolute atomic E-state index is 0.0814. The fourth-order valence-electron chi connectivity index (χ4n) is 7.34. The lowest BCUT2D eigenvalue weighted by atomic mass is 9.74. The SMILES string of the molecule is COc1ccc(N2CC=C[C@]34S[C@@]5(C)C=CCN(c6ccccc6)C(=O)[C@H]5[C@H]3C(=O)N(CCCCCCO)C4C2=O)cc1. The number of hydrogen-bond donors (Lipinski definition) is 1. The van der Waals surface area contributed by atoms with Crippen molar-refractivity contribution in [2.24, 2.45) is 11.8 Å². The maximum absolute atomic E-state index is 14.7. The lowest BCUT2D eigenvalue weighted by molar-refractivity contribution is -0.139. The maximum atomic E-state index is 14.7. The Morgan fingerprint density at radius 3 is 2.16 bits per heavy atom. The predicted molar refractivity (Wildman–Crippen MR) is 169 cm³/mol. The van der Waals surface area contributed by atoms with E-state index in [2.05, 4.69) is 12.2 Å². The molecule has 4 aliphatic rings. The highest BCUT2D eigenvalue weighted by Crippen LogP contribution is 2.65. The van der Waals surface area contributed by atoms with Gasteiger partial charge in [0.1, 0.15) is 11.8 Å². The molecule has 5 atom stereocenters. The van der Waals surface area contributed by atoms with Crippen molar-refractivity contribution < 1.29 is 24.2 Å². The molecule has 0 aromatic heterocycles. The number of methoxy groups -OCH3 is 1. The second-order valence-corrected chi connectivity index (χ2v) is 13.7. The van der Waals surface area contributed by atoms with Crippen LogP contribution in [-0.4, -0.2) is 76.6 Å². The van der Waals surface area contributed by atoms with Crippen molar-refractivity contribution in [1.29, 1.82) is 0 Å². The van der Waals surface area contributed by atoms with E-state index >= 15 is 0 Å². The summed E-state index contributed by atoms with van der Waals surface area (Å²) >= 11 is 1.60. The van der Waals surface area contributed by atoms with Crippen LogP contribution in [0.5, 0.6) is 5.75 Å². The molecule has 1 spiro atoms. The van der Waals surface area contributed by atoms with E-state index in [4.69, 9.17) is 4.74 Å². The number of para-hydroxylation sites is 1. The standard InChI is InChI=1S/C34H39N3O5S/c1-33-18-10-21-35(24-12-6-5-7-13-24)30(39)27(33)28-31(40)37(20-8-3-4-9-23-38)29-32(41)36(22-11-19-34(28,29)43-33)25-14-16-26(42-2)17-15-25/h5-7,10-19,27-29,38H,3-4,8-9,20-23H2,1-2H3/t27-,28+,29?,33+,34+/m1/s1. The number of likely N-dealkylation sites (tertiary alicyclic amines) is 1. The zero-order valence-electron chi connectivity index (χ0n) is 24.7. The third kappa shape index (κ3) is 4.96. The Balaban J connectivity index is 1.41. The monoisotopic (exact) mass is 601 g/mol. The van der Waals surface area contributed by atoms with E-state index in [1.165, 1.54) is 0 Å². The molecule has 1 N–H and O–H groups in total. The first-order valence-corrected chi connectivity index (χ1v) is 15.9. The molecule has 0 radical (unpaired) electrons. The van der Waals surface area contributed by atoms with Gasteiger partial charge in [0.2, 0.25) is 11.8 Å². The summed E-state index contributed by atoms with van der Waals surface area (Å²) in [5, 5.41) is 9.23. The van der Waals surface area contributed by atoms with Crippen LogP contribution in [0, 0.1) is 11.8 Å². The van der Waals surface area contributed by atoms with E-state index in [-0.39, 0.29) is 24.3 Å². The van der Waals surface area contributed by atoms with Gasteiger partial charge in [0.25, 0.3) is 5.91 Å². The predicted octanol–water partition coefficient (Wildman–Crippen LogP) is 4.44. The number of rotatable bonds is 9. The van der Waals surface area contributed by atoms with Gasteiger partial charge in [0.15, 0.2) is 0 Å². The molecule has 4 aliphatic heterocycles. The minimum Gasteiger partial charge on any atom is -0.497 e. The first-order chi connectivity index (χ1) is 20.8. The van der Waals surface area contributed by atoms with Crippen LogP contribution in [-0.2, 0) is 14.4 Å². The van der Waals surface area contributed by atoms with Gasteiger partial charge < -0.3 is 24.5 Å². The number of aliphatic hydroxyl groups excluding tert-OH is 1. The van der Waals surface area contributed by atoms with Gasteiger partial charge in [-0.2, -0.15) is 0 Å². The fourth-order valence-corrected chi connectivity index (χ4v) is 9.50. The molecule has 43 heavy (non-hydrogen) atoms. The van der Waals surface area contributed by atoms with Crippen LogP contribution < -0.4 is 14.5 Å². The largest absolute Gasteiger partial charge is 0.497 e. The number of thioether (sulfide) groups is 1. The quantitative estimate of drug-likeness (QED) is 0.338. The zero-order chi connectivity index (χ0) is 30.2. The summed E-state index contributed by atoms with van der Waals surface area (Å²) in [7, 11) is 1.61. The summed E-state index contributed by atoms with van der Waals surface area (Å²) < 4.78 is 3.78. The van der Waals surface area contributed by atoms with Gasteiger partial charge in [0.05, 0.1) is 23.7 Å². The molecule has 0 saturated carbocycles. The number of carbonyl (C=O) groups is 3. The maximum Gasteiger partial charge on any atom is 0.251 e. The summed E-state index contributed by atoms with van der Waals surface area (Å²) in [6.45, 7) is 3.42.